The lowest BCUT2D eigenvalue weighted by Crippen LogP contribution is -2.18. The van der Waals surface area contributed by atoms with Crippen LogP contribution in [0.4, 0.5) is 0 Å². The van der Waals surface area contributed by atoms with E-state index in [-0.39, 0.29) is 6.04 Å². The molecule has 0 radical (unpaired) electrons. The van der Waals surface area contributed by atoms with E-state index in [9.17, 15) is 0 Å². The van der Waals surface area contributed by atoms with Gasteiger partial charge in [-0.15, -0.1) is 0 Å². The predicted molar refractivity (Wildman–Crippen MR) is 76.0 cm³/mol. The molecule has 1 N–H and O–H groups in total. The van der Waals surface area contributed by atoms with Gasteiger partial charge in [0.15, 0.2) is 0 Å². The lowest BCUT2D eigenvalue weighted by Gasteiger charge is -2.13. The van der Waals surface area contributed by atoms with Crippen LogP contribution in [0.1, 0.15) is 36.8 Å². The fourth-order valence-corrected chi connectivity index (χ4v) is 3.72. The quantitative estimate of drug-likeness (QED) is 0.910. The molecule has 2 fully saturated rings. The van der Waals surface area contributed by atoms with Crippen molar-refractivity contribution in [3.05, 3.63) is 35.7 Å². The van der Waals surface area contributed by atoms with Crippen molar-refractivity contribution in [1.29, 1.82) is 0 Å². The summed E-state index contributed by atoms with van der Waals surface area (Å²) >= 11 is 0. The SMILES string of the molecule is Cc1cccc(-c2noc(C3NCC4CCCC43)n2)c1. The Hall–Kier alpha value is -1.68. The molecule has 1 aliphatic carbocycles. The zero-order valence-electron chi connectivity index (χ0n) is 11.7. The van der Waals surface area contributed by atoms with Crippen LogP contribution in [0.2, 0.25) is 0 Å². The van der Waals surface area contributed by atoms with Crippen molar-refractivity contribution in [3.8, 4) is 11.4 Å². The minimum Gasteiger partial charge on any atom is -0.337 e. The molecule has 4 nitrogen and oxygen atoms in total. The summed E-state index contributed by atoms with van der Waals surface area (Å²) in [5, 5.41) is 7.72. The van der Waals surface area contributed by atoms with Gasteiger partial charge in [0.25, 0.3) is 0 Å². The van der Waals surface area contributed by atoms with Crippen molar-refractivity contribution in [2.45, 2.75) is 32.2 Å². The number of nitrogens with zero attached hydrogens (tertiary/aromatic N) is 2. The Bertz CT molecular complexity index is 622. The second-order valence-electron chi connectivity index (χ2n) is 6.07. The third-order valence-electron chi connectivity index (χ3n) is 4.73. The Morgan fingerprint density at radius 3 is 3.15 bits per heavy atom. The van der Waals surface area contributed by atoms with E-state index in [1.54, 1.807) is 0 Å². The van der Waals surface area contributed by atoms with E-state index >= 15 is 0 Å². The van der Waals surface area contributed by atoms with Gasteiger partial charge < -0.3 is 9.84 Å². The lowest BCUT2D eigenvalue weighted by molar-refractivity contribution is 0.302. The third kappa shape index (κ3) is 1.95. The molecule has 3 unspecified atom stereocenters. The van der Waals surface area contributed by atoms with Gasteiger partial charge in [0.2, 0.25) is 11.7 Å². The summed E-state index contributed by atoms with van der Waals surface area (Å²) in [6.07, 6.45) is 3.96. The fraction of sp³-hybridized carbons (Fsp3) is 0.500. The summed E-state index contributed by atoms with van der Waals surface area (Å²) in [5.41, 5.74) is 2.24. The fourth-order valence-electron chi connectivity index (χ4n) is 3.72. The molecule has 1 aromatic heterocycles. The highest BCUT2D eigenvalue weighted by atomic mass is 16.5. The first kappa shape index (κ1) is 12.1. The third-order valence-corrected chi connectivity index (χ3v) is 4.73. The van der Waals surface area contributed by atoms with Crippen LogP contribution in [0.3, 0.4) is 0 Å². The van der Waals surface area contributed by atoms with Crippen LogP contribution in [0, 0.1) is 18.8 Å². The standard InChI is InChI=1S/C16H19N3O/c1-10-4-2-5-11(8-10)15-18-16(20-19-15)14-13-7-3-6-12(13)9-17-14/h2,4-5,8,12-14,17H,3,6-7,9H2,1H3. The monoisotopic (exact) mass is 269 g/mol. The Morgan fingerprint density at radius 2 is 2.25 bits per heavy atom. The van der Waals surface area contributed by atoms with Gasteiger partial charge in [-0.1, -0.05) is 35.3 Å². The van der Waals surface area contributed by atoms with Crippen molar-refractivity contribution in [3.63, 3.8) is 0 Å². The van der Waals surface area contributed by atoms with Gasteiger partial charge in [0, 0.05) is 5.56 Å². The normalized spacial score (nSPS) is 28.8. The minimum atomic E-state index is 0.258. The van der Waals surface area contributed by atoms with E-state index in [1.807, 2.05) is 12.1 Å². The van der Waals surface area contributed by atoms with Crippen LogP contribution in [0.5, 0.6) is 0 Å². The summed E-state index contributed by atoms with van der Waals surface area (Å²) < 4.78 is 5.53. The number of nitrogens with one attached hydrogen (secondary N) is 1. The maximum absolute atomic E-state index is 5.53. The molecule has 20 heavy (non-hydrogen) atoms. The van der Waals surface area contributed by atoms with Crippen molar-refractivity contribution in [1.82, 2.24) is 15.5 Å². The Morgan fingerprint density at radius 1 is 1.30 bits per heavy atom. The van der Waals surface area contributed by atoms with Crippen LogP contribution in [-0.4, -0.2) is 16.7 Å². The molecule has 1 saturated carbocycles. The predicted octanol–water partition coefficient (Wildman–Crippen LogP) is 3.11. The van der Waals surface area contributed by atoms with Gasteiger partial charge in [-0.05, 0) is 44.2 Å². The van der Waals surface area contributed by atoms with Gasteiger partial charge in [0.1, 0.15) is 0 Å². The zero-order valence-corrected chi connectivity index (χ0v) is 11.7. The highest BCUT2D eigenvalue weighted by Crippen LogP contribution is 2.44. The Balaban J connectivity index is 1.62. The molecular weight excluding hydrogens is 250 g/mol. The maximum Gasteiger partial charge on any atom is 0.244 e. The minimum absolute atomic E-state index is 0.258. The number of benzene rings is 1. The topological polar surface area (TPSA) is 51.0 Å². The molecule has 3 atom stereocenters. The number of hydrogen-bond acceptors (Lipinski definition) is 4. The van der Waals surface area contributed by atoms with Crippen LogP contribution in [0.25, 0.3) is 11.4 Å². The molecule has 4 rings (SSSR count). The van der Waals surface area contributed by atoms with Gasteiger partial charge in [0.05, 0.1) is 6.04 Å². The van der Waals surface area contributed by atoms with Gasteiger partial charge >= 0.3 is 0 Å². The summed E-state index contributed by atoms with van der Waals surface area (Å²) in [5.74, 6) is 2.94. The van der Waals surface area contributed by atoms with Crippen molar-refractivity contribution in [2.75, 3.05) is 6.54 Å². The highest BCUT2D eigenvalue weighted by molar-refractivity contribution is 5.55. The zero-order chi connectivity index (χ0) is 13.5. The van der Waals surface area contributed by atoms with Gasteiger partial charge in [-0.2, -0.15) is 4.98 Å². The lowest BCUT2D eigenvalue weighted by atomic mass is 9.94. The first-order valence-corrected chi connectivity index (χ1v) is 7.45. The molecule has 1 aromatic carbocycles. The smallest absolute Gasteiger partial charge is 0.244 e. The maximum atomic E-state index is 5.53. The second kappa shape index (κ2) is 4.70. The molecular formula is C16H19N3O. The number of aryl methyl sites for hydroxylation is 1. The molecule has 0 amide bonds. The molecule has 2 heterocycles. The highest BCUT2D eigenvalue weighted by Gasteiger charge is 2.42. The number of fused-ring (bicyclic) bond motifs is 1. The van der Waals surface area contributed by atoms with Gasteiger partial charge in [-0.25, -0.2) is 0 Å². The molecule has 104 valence electrons. The van der Waals surface area contributed by atoms with Crippen LogP contribution in [0.15, 0.2) is 28.8 Å². The summed E-state index contributed by atoms with van der Waals surface area (Å²) in [6.45, 7) is 3.17. The average molecular weight is 269 g/mol. The molecule has 0 bridgehead atoms. The average Bonchev–Trinajstić information content (AvgIpc) is 3.14. The van der Waals surface area contributed by atoms with E-state index in [1.165, 1.54) is 24.8 Å². The van der Waals surface area contributed by atoms with Crippen molar-refractivity contribution in [2.24, 2.45) is 11.8 Å². The van der Waals surface area contributed by atoms with E-state index in [2.05, 4.69) is 34.5 Å². The largest absolute Gasteiger partial charge is 0.337 e. The Kier molecular flexibility index (Phi) is 2.84. The van der Waals surface area contributed by atoms with E-state index in [0.29, 0.717) is 11.7 Å². The first-order valence-electron chi connectivity index (χ1n) is 7.45. The van der Waals surface area contributed by atoms with Gasteiger partial charge in [-0.3, -0.25) is 0 Å². The summed E-state index contributed by atoms with van der Waals surface area (Å²) in [4.78, 5) is 4.62. The first-order chi connectivity index (χ1) is 9.81. The Labute approximate surface area is 118 Å². The van der Waals surface area contributed by atoms with Crippen molar-refractivity contribution < 1.29 is 4.52 Å². The van der Waals surface area contributed by atoms with E-state index in [0.717, 1.165) is 23.9 Å². The molecule has 2 aromatic rings. The van der Waals surface area contributed by atoms with E-state index in [4.69, 9.17) is 4.52 Å². The molecule has 0 spiro atoms. The molecule has 2 aliphatic rings. The number of rotatable bonds is 2. The summed E-state index contributed by atoms with van der Waals surface area (Å²) in [7, 11) is 0. The molecule has 1 aliphatic heterocycles. The molecule has 1 saturated heterocycles. The van der Waals surface area contributed by atoms with Crippen LogP contribution >= 0.6 is 0 Å². The second-order valence-corrected chi connectivity index (χ2v) is 6.07. The van der Waals surface area contributed by atoms with Crippen LogP contribution < -0.4 is 5.32 Å². The van der Waals surface area contributed by atoms with Crippen LogP contribution in [-0.2, 0) is 0 Å². The van der Waals surface area contributed by atoms with Crippen molar-refractivity contribution >= 4 is 0 Å². The number of aromatic nitrogens is 2. The number of hydrogen-bond donors (Lipinski definition) is 1. The summed E-state index contributed by atoms with van der Waals surface area (Å²) in [6, 6.07) is 8.48. The molecule has 4 heteroatoms. The van der Waals surface area contributed by atoms with E-state index < -0.39 is 0 Å².